The maximum Gasteiger partial charge on any atom is 0.213 e. The number of hydrogen-bond acceptors (Lipinski definition) is 2. The Labute approximate surface area is 219 Å². The Bertz CT molecular complexity index is 1060. The van der Waals surface area contributed by atoms with E-state index < -0.39 is 0 Å². The van der Waals surface area contributed by atoms with E-state index in [0.29, 0.717) is 0 Å². The zero-order valence-electron chi connectivity index (χ0n) is 22.6. The standard InChI is InChI=1S/C33H44N3/c1-6-9-23-34-30-19-14-12-17-28(30)26(4)32-21-16-22-33(36(32)25-11-8-3)27(5)29-18-13-15-20-31(29)35-24-10-7-2/h12-22,34-35H,4-11,23-25H2,1-3H3/q+1. The van der Waals surface area contributed by atoms with Gasteiger partial charge in [-0.25, -0.2) is 0 Å². The van der Waals surface area contributed by atoms with Gasteiger partial charge in [0, 0.05) is 65.3 Å². The van der Waals surface area contributed by atoms with Crippen molar-refractivity contribution in [3.05, 3.63) is 102 Å². The minimum atomic E-state index is 0.927. The molecule has 0 fully saturated rings. The second kappa shape index (κ2) is 14.3. The third-order valence-corrected chi connectivity index (χ3v) is 6.64. The maximum atomic E-state index is 4.59. The van der Waals surface area contributed by atoms with Crippen molar-refractivity contribution in [3.63, 3.8) is 0 Å². The summed E-state index contributed by atoms with van der Waals surface area (Å²) in [4.78, 5) is 0. The van der Waals surface area contributed by atoms with Gasteiger partial charge in [-0.3, -0.25) is 0 Å². The highest BCUT2D eigenvalue weighted by Gasteiger charge is 2.24. The van der Waals surface area contributed by atoms with Crippen molar-refractivity contribution in [1.82, 2.24) is 0 Å². The summed E-state index contributed by atoms with van der Waals surface area (Å²) in [6.45, 7) is 18.7. The minimum absolute atomic E-state index is 0.927. The van der Waals surface area contributed by atoms with Crippen LogP contribution in [0.25, 0.3) is 11.1 Å². The summed E-state index contributed by atoms with van der Waals surface area (Å²) < 4.78 is 2.42. The summed E-state index contributed by atoms with van der Waals surface area (Å²) in [5.41, 5.74) is 8.96. The number of nitrogens with zero attached hydrogens (tertiary/aromatic N) is 1. The zero-order valence-corrected chi connectivity index (χ0v) is 22.6. The molecule has 0 atom stereocenters. The quantitative estimate of drug-likeness (QED) is 0.168. The van der Waals surface area contributed by atoms with Crippen molar-refractivity contribution in [2.75, 3.05) is 23.7 Å². The van der Waals surface area contributed by atoms with Gasteiger partial charge in [-0.1, -0.05) is 89.6 Å². The Hall–Kier alpha value is -3.33. The van der Waals surface area contributed by atoms with Gasteiger partial charge in [0.1, 0.15) is 6.54 Å². The molecule has 3 aromatic rings. The molecule has 0 unspecified atom stereocenters. The lowest BCUT2D eigenvalue weighted by Crippen LogP contribution is -2.42. The van der Waals surface area contributed by atoms with E-state index in [1.165, 1.54) is 12.8 Å². The molecular formula is C33H44N3+. The highest BCUT2D eigenvalue weighted by molar-refractivity contribution is 5.85. The van der Waals surface area contributed by atoms with Crippen LogP contribution in [0, 0.1) is 0 Å². The molecule has 36 heavy (non-hydrogen) atoms. The van der Waals surface area contributed by atoms with Crippen LogP contribution in [0.3, 0.4) is 0 Å². The Morgan fingerprint density at radius 2 is 1.06 bits per heavy atom. The molecule has 0 bridgehead atoms. The van der Waals surface area contributed by atoms with Gasteiger partial charge in [-0.05, 0) is 31.0 Å². The van der Waals surface area contributed by atoms with Gasteiger partial charge in [-0.2, -0.15) is 4.57 Å². The number of benzene rings is 2. The van der Waals surface area contributed by atoms with Crippen molar-refractivity contribution in [2.45, 2.75) is 65.8 Å². The van der Waals surface area contributed by atoms with Crippen molar-refractivity contribution in [1.29, 1.82) is 0 Å². The van der Waals surface area contributed by atoms with E-state index in [9.17, 15) is 0 Å². The number of hydrogen-bond donors (Lipinski definition) is 2. The van der Waals surface area contributed by atoms with Crippen LogP contribution in [-0.4, -0.2) is 13.1 Å². The first-order chi connectivity index (χ1) is 17.6. The number of rotatable bonds is 15. The average molecular weight is 483 g/mol. The molecule has 0 saturated heterocycles. The molecule has 3 heteroatoms. The van der Waals surface area contributed by atoms with Gasteiger partial charge in [0.2, 0.25) is 11.4 Å². The first-order valence-electron chi connectivity index (χ1n) is 13.7. The monoisotopic (exact) mass is 482 g/mol. The van der Waals surface area contributed by atoms with Crippen molar-refractivity contribution in [2.24, 2.45) is 0 Å². The van der Waals surface area contributed by atoms with E-state index in [1.807, 2.05) is 0 Å². The lowest BCUT2D eigenvalue weighted by atomic mass is 9.97. The zero-order chi connectivity index (χ0) is 25.8. The predicted molar refractivity (Wildman–Crippen MR) is 157 cm³/mol. The summed E-state index contributed by atoms with van der Waals surface area (Å²) in [5, 5.41) is 7.25. The molecule has 2 aromatic carbocycles. The summed E-state index contributed by atoms with van der Waals surface area (Å²) in [7, 11) is 0. The molecule has 0 aliphatic carbocycles. The van der Waals surface area contributed by atoms with Crippen LogP contribution >= 0.6 is 0 Å². The normalized spacial score (nSPS) is 10.8. The molecule has 2 N–H and O–H groups in total. The first kappa shape index (κ1) is 27.3. The van der Waals surface area contributed by atoms with Crippen molar-refractivity contribution < 1.29 is 4.57 Å². The van der Waals surface area contributed by atoms with E-state index in [4.69, 9.17) is 0 Å². The van der Waals surface area contributed by atoms with Crippen LogP contribution in [0.2, 0.25) is 0 Å². The highest BCUT2D eigenvalue weighted by atomic mass is 15.0. The van der Waals surface area contributed by atoms with Crippen molar-refractivity contribution in [3.8, 4) is 0 Å². The highest BCUT2D eigenvalue weighted by Crippen LogP contribution is 2.30. The molecule has 0 amide bonds. The molecule has 0 aliphatic rings. The second-order valence-corrected chi connectivity index (χ2v) is 9.41. The van der Waals surface area contributed by atoms with E-state index in [2.05, 4.69) is 116 Å². The van der Waals surface area contributed by atoms with Crippen LogP contribution < -0.4 is 15.2 Å². The molecule has 0 radical (unpaired) electrons. The molecule has 0 aliphatic heterocycles. The maximum absolute atomic E-state index is 4.59. The molecular weight excluding hydrogens is 438 g/mol. The van der Waals surface area contributed by atoms with Gasteiger partial charge >= 0.3 is 0 Å². The molecule has 190 valence electrons. The third-order valence-electron chi connectivity index (χ3n) is 6.64. The molecule has 3 rings (SSSR count). The van der Waals surface area contributed by atoms with Gasteiger partial charge in [-0.15, -0.1) is 0 Å². The number of pyridine rings is 1. The smallest absolute Gasteiger partial charge is 0.213 e. The number of nitrogens with one attached hydrogen (secondary N) is 2. The molecule has 3 nitrogen and oxygen atoms in total. The van der Waals surface area contributed by atoms with Gasteiger partial charge in [0.15, 0.2) is 0 Å². The lowest BCUT2D eigenvalue weighted by Gasteiger charge is -2.17. The number of para-hydroxylation sites is 2. The first-order valence-corrected chi connectivity index (χ1v) is 13.7. The van der Waals surface area contributed by atoms with E-state index >= 15 is 0 Å². The number of anilines is 2. The van der Waals surface area contributed by atoms with E-state index in [-0.39, 0.29) is 0 Å². The van der Waals surface area contributed by atoms with Gasteiger partial charge in [0.05, 0.1) is 0 Å². The van der Waals surface area contributed by atoms with E-state index in [1.54, 1.807) is 0 Å². The van der Waals surface area contributed by atoms with Crippen molar-refractivity contribution >= 4 is 22.5 Å². The fraction of sp³-hybridized carbons (Fsp3) is 0.364. The lowest BCUT2D eigenvalue weighted by molar-refractivity contribution is -0.701. The fourth-order valence-corrected chi connectivity index (χ4v) is 4.50. The number of aromatic nitrogens is 1. The van der Waals surface area contributed by atoms with Crippen LogP contribution in [0.1, 0.15) is 81.8 Å². The summed E-state index contributed by atoms with van der Waals surface area (Å²) >= 11 is 0. The SMILES string of the molecule is C=C(c1ccccc1NCCCC)c1cccc(C(=C)c2ccccc2NCCCC)[n+]1CCCC. The predicted octanol–water partition coefficient (Wildman–Crippen LogP) is 8.32. The second-order valence-electron chi connectivity index (χ2n) is 9.41. The number of unbranched alkanes of at least 4 members (excludes halogenated alkanes) is 3. The topological polar surface area (TPSA) is 27.9 Å². The summed E-state index contributed by atoms with van der Waals surface area (Å²) in [5.74, 6) is 0. The average Bonchev–Trinajstić information content (AvgIpc) is 2.92. The largest absolute Gasteiger partial charge is 0.385 e. The molecule has 1 heterocycles. The van der Waals surface area contributed by atoms with Crippen LogP contribution in [0.4, 0.5) is 11.4 Å². The van der Waals surface area contributed by atoms with Gasteiger partial charge < -0.3 is 10.6 Å². The summed E-state index contributed by atoms with van der Waals surface area (Å²) in [6.07, 6.45) is 6.88. The molecule has 1 aromatic heterocycles. The minimum Gasteiger partial charge on any atom is -0.385 e. The fourth-order valence-electron chi connectivity index (χ4n) is 4.50. The molecule has 0 saturated carbocycles. The van der Waals surface area contributed by atoms with Gasteiger partial charge in [0.25, 0.3) is 0 Å². The van der Waals surface area contributed by atoms with E-state index in [0.717, 1.165) is 90.4 Å². The Morgan fingerprint density at radius 3 is 1.50 bits per heavy atom. The van der Waals surface area contributed by atoms with Crippen LogP contribution in [-0.2, 0) is 6.54 Å². The Morgan fingerprint density at radius 1 is 0.611 bits per heavy atom. The Balaban J connectivity index is 2.02. The third kappa shape index (κ3) is 6.87. The Kier molecular flexibility index (Phi) is 10.8. The van der Waals surface area contributed by atoms with Crippen LogP contribution in [0.15, 0.2) is 79.9 Å². The van der Waals surface area contributed by atoms with Crippen LogP contribution in [0.5, 0.6) is 0 Å². The summed E-state index contributed by atoms with van der Waals surface area (Å²) in [6, 6.07) is 23.6. The molecule has 0 spiro atoms.